The molecule has 0 aliphatic heterocycles. The predicted octanol–water partition coefficient (Wildman–Crippen LogP) is 2.22. The number of hydrogen-bond acceptors (Lipinski definition) is 4. The van der Waals surface area contributed by atoms with Gasteiger partial charge in [-0.25, -0.2) is 12.7 Å². The first-order valence-electron chi connectivity index (χ1n) is 6.61. The number of rotatable bonds is 8. The van der Waals surface area contributed by atoms with Crippen molar-refractivity contribution in [2.45, 2.75) is 25.1 Å². The minimum Gasteiger partial charge on any atom is -0.389 e. The number of nitrogens with two attached hydrogens (primary N) is 1. The fourth-order valence-corrected chi connectivity index (χ4v) is 4.03. The van der Waals surface area contributed by atoms with Gasteiger partial charge in [-0.3, -0.25) is 0 Å². The van der Waals surface area contributed by atoms with Gasteiger partial charge in [0.1, 0.15) is 4.99 Å². The van der Waals surface area contributed by atoms with Gasteiger partial charge in [-0.05, 0) is 37.0 Å². The van der Waals surface area contributed by atoms with E-state index in [0.29, 0.717) is 11.1 Å². The molecule has 0 spiro atoms. The molecule has 0 aliphatic rings. The average Bonchev–Trinajstić information content (AvgIpc) is 2.43. The smallest absolute Gasteiger partial charge is 0.218 e. The summed E-state index contributed by atoms with van der Waals surface area (Å²) in [6, 6.07) is 7.06. The molecule has 4 nitrogen and oxygen atoms in total. The standard InChI is InChI=1S/C14H22N2O2S3/c1-11(7-8-20-3)16(2)21(17,18)10-12-5-4-6-13(9-12)14(15)19/h4-6,9,11H,7-8,10H2,1-3H3,(H2,15,19). The van der Waals surface area contributed by atoms with Gasteiger partial charge >= 0.3 is 0 Å². The molecule has 1 unspecified atom stereocenters. The molecule has 0 radical (unpaired) electrons. The number of benzene rings is 1. The highest BCUT2D eigenvalue weighted by Crippen LogP contribution is 2.16. The van der Waals surface area contributed by atoms with Crippen LogP contribution in [-0.2, 0) is 15.8 Å². The van der Waals surface area contributed by atoms with E-state index in [1.54, 1.807) is 43.1 Å². The SMILES string of the molecule is CSCCC(C)N(C)S(=O)(=O)Cc1cccc(C(N)=S)c1. The Morgan fingerprint density at radius 3 is 2.71 bits per heavy atom. The van der Waals surface area contributed by atoms with Crippen LogP contribution >= 0.6 is 24.0 Å². The number of nitrogens with zero attached hydrogens (tertiary/aromatic N) is 1. The maximum Gasteiger partial charge on any atom is 0.218 e. The first-order chi connectivity index (χ1) is 9.77. The third kappa shape index (κ3) is 5.58. The first-order valence-corrected chi connectivity index (χ1v) is 10.0. The largest absolute Gasteiger partial charge is 0.389 e. The fourth-order valence-electron chi connectivity index (χ4n) is 1.87. The maximum absolute atomic E-state index is 12.4. The first kappa shape index (κ1) is 18.4. The summed E-state index contributed by atoms with van der Waals surface area (Å²) in [5.41, 5.74) is 6.97. The van der Waals surface area contributed by atoms with E-state index in [9.17, 15) is 8.42 Å². The highest BCUT2D eigenvalue weighted by atomic mass is 32.2. The molecule has 0 saturated heterocycles. The topological polar surface area (TPSA) is 63.4 Å². The molecular formula is C14H22N2O2S3. The minimum absolute atomic E-state index is 0.0128. The van der Waals surface area contributed by atoms with Crippen molar-refractivity contribution in [3.8, 4) is 0 Å². The van der Waals surface area contributed by atoms with Crippen LogP contribution in [0.3, 0.4) is 0 Å². The Labute approximate surface area is 137 Å². The Balaban J connectivity index is 2.84. The molecule has 1 aromatic carbocycles. The lowest BCUT2D eigenvalue weighted by atomic mass is 10.1. The predicted molar refractivity (Wildman–Crippen MR) is 95.2 cm³/mol. The molecular weight excluding hydrogens is 324 g/mol. The van der Waals surface area contributed by atoms with E-state index < -0.39 is 10.0 Å². The summed E-state index contributed by atoms with van der Waals surface area (Å²) in [5, 5.41) is 0. The van der Waals surface area contributed by atoms with Crippen molar-refractivity contribution >= 4 is 39.0 Å². The van der Waals surface area contributed by atoms with E-state index in [-0.39, 0.29) is 16.8 Å². The Morgan fingerprint density at radius 2 is 2.14 bits per heavy atom. The van der Waals surface area contributed by atoms with Crippen LogP contribution in [0.5, 0.6) is 0 Å². The highest BCUT2D eigenvalue weighted by Gasteiger charge is 2.23. The Kier molecular flexibility index (Phi) is 7.12. The quantitative estimate of drug-likeness (QED) is 0.731. The molecule has 0 heterocycles. The Bertz CT molecular complexity index is 588. The molecule has 118 valence electrons. The van der Waals surface area contributed by atoms with E-state index in [1.807, 2.05) is 13.2 Å². The van der Waals surface area contributed by atoms with Crippen molar-refractivity contribution in [1.82, 2.24) is 4.31 Å². The van der Waals surface area contributed by atoms with Crippen LogP contribution in [0.15, 0.2) is 24.3 Å². The molecule has 0 amide bonds. The van der Waals surface area contributed by atoms with Crippen LogP contribution < -0.4 is 5.73 Å². The number of thioether (sulfide) groups is 1. The molecule has 0 bridgehead atoms. The molecule has 21 heavy (non-hydrogen) atoms. The van der Waals surface area contributed by atoms with Gasteiger partial charge in [-0.1, -0.05) is 30.4 Å². The molecule has 1 atom stereocenters. The lowest BCUT2D eigenvalue weighted by Gasteiger charge is -2.24. The number of hydrogen-bond donors (Lipinski definition) is 1. The second-order valence-corrected chi connectivity index (χ2v) is 8.42. The van der Waals surface area contributed by atoms with Crippen LogP contribution in [-0.4, -0.2) is 42.8 Å². The minimum atomic E-state index is -3.35. The van der Waals surface area contributed by atoms with Crippen molar-refractivity contribution in [3.63, 3.8) is 0 Å². The number of sulfonamides is 1. The zero-order valence-electron chi connectivity index (χ0n) is 12.6. The summed E-state index contributed by atoms with van der Waals surface area (Å²) in [4.78, 5) is 0.274. The van der Waals surface area contributed by atoms with Crippen molar-refractivity contribution < 1.29 is 8.42 Å². The third-order valence-electron chi connectivity index (χ3n) is 3.36. The van der Waals surface area contributed by atoms with Gasteiger partial charge in [0.05, 0.1) is 5.75 Å². The van der Waals surface area contributed by atoms with Crippen molar-refractivity contribution in [2.24, 2.45) is 5.73 Å². The lowest BCUT2D eigenvalue weighted by molar-refractivity contribution is 0.382. The monoisotopic (exact) mass is 346 g/mol. The van der Waals surface area contributed by atoms with Crippen LogP contribution in [0.1, 0.15) is 24.5 Å². The van der Waals surface area contributed by atoms with Crippen molar-refractivity contribution in [3.05, 3.63) is 35.4 Å². The molecule has 1 aromatic rings. The summed E-state index contributed by atoms with van der Waals surface area (Å²) in [7, 11) is -1.71. The van der Waals surface area contributed by atoms with Crippen molar-refractivity contribution in [2.75, 3.05) is 19.1 Å². The van der Waals surface area contributed by atoms with E-state index in [1.165, 1.54) is 4.31 Å². The van der Waals surface area contributed by atoms with Gasteiger partial charge in [0.2, 0.25) is 10.0 Å². The average molecular weight is 347 g/mol. The summed E-state index contributed by atoms with van der Waals surface area (Å²) >= 11 is 6.64. The second kappa shape index (κ2) is 8.12. The Hall–Kier alpha value is -0.630. The zero-order chi connectivity index (χ0) is 16.0. The van der Waals surface area contributed by atoms with Crippen molar-refractivity contribution in [1.29, 1.82) is 0 Å². The Morgan fingerprint density at radius 1 is 1.48 bits per heavy atom. The van der Waals surface area contributed by atoms with Crippen LogP contribution in [0, 0.1) is 0 Å². The van der Waals surface area contributed by atoms with Gasteiger partial charge < -0.3 is 5.73 Å². The highest BCUT2D eigenvalue weighted by molar-refractivity contribution is 7.98. The molecule has 0 aliphatic carbocycles. The summed E-state index contributed by atoms with van der Waals surface area (Å²) in [5.74, 6) is 0.904. The van der Waals surface area contributed by atoms with E-state index in [0.717, 1.165) is 12.2 Å². The molecule has 1 rings (SSSR count). The van der Waals surface area contributed by atoms with Crippen LogP contribution in [0.2, 0.25) is 0 Å². The summed E-state index contributed by atoms with van der Waals surface area (Å²) in [6.45, 7) is 1.93. The van der Waals surface area contributed by atoms with Gasteiger partial charge in [-0.15, -0.1) is 0 Å². The molecule has 0 saturated carbocycles. The van der Waals surface area contributed by atoms with Gasteiger partial charge in [0.25, 0.3) is 0 Å². The third-order valence-corrected chi connectivity index (χ3v) is 6.18. The fraction of sp³-hybridized carbons (Fsp3) is 0.500. The lowest BCUT2D eigenvalue weighted by Crippen LogP contribution is -2.36. The summed E-state index contributed by atoms with van der Waals surface area (Å²) < 4.78 is 26.3. The van der Waals surface area contributed by atoms with Gasteiger partial charge in [0, 0.05) is 18.7 Å². The van der Waals surface area contributed by atoms with Gasteiger partial charge in [0.15, 0.2) is 0 Å². The normalized spacial score (nSPS) is 13.3. The molecule has 7 heteroatoms. The van der Waals surface area contributed by atoms with Gasteiger partial charge in [-0.2, -0.15) is 11.8 Å². The number of thiocarbonyl (C=S) groups is 1. The molecule has 0 fully saturated rings. The van der Waals surface area contributed by atoms with E-state index in [2.05, 4.69) is 0 Å². The van der Waals surface area contributed by atoms with Crippen LogP contribution in [0.25, 0.3) is 0 Å². The molecule has 0 aromatic heterocycles. The zero-order valence-corrected chi connectivity index (χ0v) is 15.0. The molecule has 2 N–H and O–H groups in total. The van der Waals surface area contributed by atoms with E-state index in [4.69, 9.17) is 18.0 Å². The summed E-state index contributed by atoms with van der Waals surface area (Å²) in [6.07, 6.45) is 2.85. The van der Waals surface area contributed by atoms with E-state index >= 15 is 0 Å². The maximum atomic E-state index is 12.4. The van der Waals surface area contributed by atoms with Crippen LogP contribution in [0.4, 0.5) is 0 Å². The second-order valence-electron chi connectivity index (χ2n) is 4.97.